The molecule has 0 saturated heterocycles. The Balaban J connectivity index is 2.61. The minimum Gasteiger partial charge on any atom is -0.468 e. The molecule has 0 bridgehead atoms. The molecule has 0 saturated carbocycles. The van der Waals surface area contributed by atoms with Crippen molar-refractivity contribution in [3.8, 4) is 0 Å². The lowest BCUT2D eigenvalue weighted by Crippen LogP contribution is -2.26. The second-order valence-electron chi connectivity index (χ2n) is 5.70. The molecule has 0 aliphatic rings. The molecule has 0 aliphatic heterocycles. The van der Waals surface area contributed by atoms with Crippen LogP contribution in [0, 0.1) is 0 Å². The van der Waals surface area contributed by atoms with Gasteiger partial charge in [-0.25, -0.2) is 0 Å². The van der Waals surface area contributed by atoms with Crippen molar-refractivity contribution in [2.24, 2.45) is 0 Å². The van der Waals surface area contributed by atoms with E-state index in [0.717, 1.165) is 6.54 Å². The molecule has 0 heterocycles. The Labute approximate surface area is 110 Å². The predicted molar refractivity (Wildman–Crippen MR) is 73.5 cm³/mol. The minimum absolute atomic E-state index is 0.177. The number of likely N-dealkylation sites (N-methyl/N-ethyl adjacent to an activating group) is 1. The van der Waals surface area contributed by atoms with Gasteiger partial charge in [-0.15, -0.1) is 0 Å². The molecule has 18 heavy (non-hydrogen) atoms. The lowest BCUT2D eigenvalue weighted by atomic mass is 9.87. The Morgan fingerprint density at radius 2 is 1.78 bits per heavy atom. The third kappa shape index (κ3) is 4.49. The van der Waals surface area contributed by atoms with Gasteiger partial charge in [0.1, 0.15) is 0 Å². The number of carbonyl (C=O) groups excluding carboxylic acids is 1. The van der Waals surface area contributed by atoms with Crippen molar-refractivity contribution < 1.29 is 9.53 Å². The molecule has 1 aromatic carbocycles. The lowest BCUT2D eigenvalue weighted by molar-refractivity contribution is -0.141. The zero-order valence-electron chi connectivity index (χ0n) is 12.0. The zero-order valence-corrected chi connectivity index (χ0v) is 12.0. The molecule has 0 spiro atoms. The fourth-order valence-electron chi connectivity index (χ4n) is 1.76. The highest BCUT2D eigenvalue weighted by Gasteiger charge is 2.13. The number of hydrogen-bond acceptors (Lipinski definition) is 3. The summed E-state index contributed by atoms with van der Waals surface area (Å²) in [6.45, 7) is 7.67. The molecular formula is C15H23NO2. The summed E-state index contributed by atoms with van der Waals surface area (Å²) >= 11 is 0. The van der Waals surface area contributed by atoms with E-state index in [1.165, 1.54) is 18.2 Å². The maximum Gasteiger partial charge on any atom is 0.319 e. The first-order valence-corrected chi connectivity index (χ1v) is 6.17. The second-order valence-corrected chi connectivity index (χ2v) is 5.70. The van der Waals surface area contributed by atoms with Crippen LogP contribution in [0.5, 0.6) is 0 Å². The molecule has 3 nitrogen and oxygen atoms in total. The summed E-state index contributed by atoms with van der Waals surface area (Å²) < 4.78 is 4.64. The number of esters is 1. The molecule has 0 aromatic heterocycles. The second kappa shape index (κ2) is 6.01. The van der Waals surface area contributed by atoms with Gasteiger partial charge >= 0.3 is 5.97 Å². The van der Waals surface area contributed by atoms with Crippen LogP contribution in [0.15, 0.2) is 24.3 Å². The van der Waals surface area contributed by atoms with E-state index < -0.39 is 0 Å². The summed E-state index contributed by atoms with van der Waals surface area (Å²) in [5, 5.41) is 0. The minimum atomic E-state index is -0.205. The monoisotopic (exact) mass is 249 g/mol. The summed E-state index contributed by atoms with van der Waals surface area (Å²) in [6.07, 6.45) is 0. The molecule has 0 atom stereocenters. The predicted octanol–water partition coefficient (Wildman–Crippen LogP) is 2.59. The van der Waals surface area contributed by atoms with E-state index in [9.17, 15) is 4.79 Å². The van der Waals surface area contributed by atoms with E-state index in [1.54, 1.807) is 0 Å². The van der Waals surface area contributed by atoms with Gasteiger partial charge in [-0.05, 0) is 23.6 Å². The van der Waals surface area contributed by atoms with E-state index in [-0.39, 0.29) is 11.4 Å². The number of carbonyl (C=O) groups is 1. The van der Waals surface area contributed by atoms with Gasteiger partial charge in [0.05, 0.1) is 13.7 Å². The van der Waals surface area contributed by atoms with Gasteiger partial charge < -0.3 is 4.74 Å². The Hall–Kier alpha value is -1.35. The normalized spacial score (nSPS) is 11.7. The molecule has 0 fully saturated rings. The number of hydrogen-bond donors (Lipinski definition) is 0. The van der Waals surface area contributed by atoms with Crippen LogP contribution in [0.2, 0.25) is 0 Å². The standard InChI is InChI=1S/C15H23NO2/c1-15(2,3)13-8-6-12(7-9-13)10-16(4)11-14(17)18-5/h6-9H,10-11H2,1-5H3. The van der Waals surface area contributed by atoms with Gasteiger partial charge in [-0.3, -0.25) is 9.69 Å². The van der Waals surface area contributed by atoms with Crippen LogP contribution in [0.3, 0.4) is 0 Å². The summed E-state index contributed by atoms with van der Waals surface area (Å²) in [5.41, 5.74) is 2.70. The van der Waals surface area contributed by atoms with Crippen LogP contribution < -0.4 is 0 Å². The molecule has 0 N–H and O–H groups in total. The number of ether oxygens (including phenoxy) is 1. The van der Waals surface area contributed by atoms with Crippen LogP contribution in [0.4, 0.5) is 0 Å². The van der Waals surface area contributed by atoms with Crippen LogP contribution in [-0.2, 0) is 21.5 Å². The van der Waals surface area contributed by atoms with Gasteiger partial charge in [0.15, 0.2) is 0 Å². The Morgan fingerprint density at radius 1 is 1.22 bits per heavy atom. The summed E-state index contributed by atoms with van der Waals surface area (Å²) in [7, 11) is 3.32. The Bertz CT molecular complexity index is 390. The first kappa shape index (κ1) is 14.7. The molecular weight excluding hydrogens is 226 g/mol. The molecule has 1 aromatic rings. The fourth-order valence-corrected chi connectivity index (χ4v) is 1.76. The lowest BCUT2D eigenvalue weighted by Gasteiger charge is -2.20. The number of nitrogens with zero attached hydrogens (tertiary/aromatic N) is 1. The third-order valence-electron chi connectivity index (χ3n) is 2.90. The van der Waals surface area contributed by atoms with Gasteiger partial charge in [0.2, 0.25) is 0 Å². The molecule has 0 unspecified atom stereocenters. The van der Waals surface area contributed by atoms with Crippen molar-refractivity contribution in [1.82, 2.24) is 4.90 Å². The van der Waals surface area contributed by atoms with Crippen molar-refractivity contribution in [2.45, 2.75) is 32.7 Å². The topological polar surface area (TPSA) is 29.5 Å². The highest BCUT2D eigenvalue weighted by Crippen LogP contribution is 2.22. The average molecular weight is 249 g/mol. The van der Waals surface area contributed by atoms with E-state index in [1.807, 2.05) is 11.9 Å². The highest BCUT2D eigenvalue weighted by molar-refractivity contribution is 5.71. The number of rotatable bonds is 4. The zero-order chi connectivity index (χ0) is 13.8. The van der Waals surface area contributed by atoms with Gasteiger partial charge in [0.25, 0.3) is 0 Å². The van der Waals surface area contributed by atoms with Gasteiger partial charge in [0, 0.05) is 6.54 Å². The first-order valence-electron chi connectivity index (χ1n) is 6.17. The molecule has 100 valence electrons. The van der Waals surface area contributed by atoms with Crippen molar-refractivity contribution in [1.29, 1.82) is 0 Å². The van der Waals surface area contributed by atoms with E-state index in [2.05, 4.69) is 49.8 Å². The highest BCUT2D eigenvalue weighted by atomic mass is 16.5. The van der Waals surface area contributed by atoms with Crippen LogP contribution in [0.1, 0.15) is 31.9 Å². The smallest absolute Gasteiger partial charge is 0.319 e. The summed E-state index contributed by atoms with van der Waals surface area (Å²) in [4.78, 5) is 13.1. The van der Waals surface area contributed by atoms with E-state index >= 15 is 0 Å². The first-order chi connectivity index (χ1) is 8.32. The van der Waals surface area contributed by atoms with Crippen molar-refractivity contribution in [3.63, 3.8) is 0 Å². The molecule has 3 heteroatoms. The van der Waals surface area contributed by atoms with Crippen molar-refractivity contribution in [3.05, 3.63) is 35.4 Å². The summed E-state index contributed by atoms with van der Waals surface area (Å²) in [5.74, 6) is -0.205. The van der Waals surface area contributed by atoms with Gasteiger partial charge in [-0.1, -0.05) is 45.0 Å². The molecule has 0 radical (unpaired) electrons. The maximum atomic E-state index is 11.1. The average Bonchev–Trinajstić information content (AvgIpc) is 2.28. The Morgan fingerprint density at radius 3 is 2.22 bits per heavy atom. The quantitative estimate of drug-likeness (QED) is 0.768. The van der Waals surface area contributed by atoms with E-state index in [4.69, 9.17) is 0 Å². The summed E-state index contributed by atoms with van der Waals surface area (Å²) in [6, 6.07) is 8.55. The number of methoxy groups -OCH3 is 1. The van der Waals surface area contributed by atoms with Crippen molar-refractivity contribution >= 4 is 5.97 Å². The van der Waals surface area contributed by atoms with Crippen LogP contribution in [0.25, 0.3) is 0 Å². The SMILES string of the molecule is COC(=O)CN(C)Cc1ccc(C(C)(C)C)cc1. The number of benzene rings is 1. The third-order valence-corrected chi connectivity index (χ3v) is 2.90. The molecule has 0 aliphatic carbocycles. The van der Waals surface area contributed by atoms with Crippen LogP contribution in [-0.4, -0.2) is 31.6 Å². The fraction of sp³-hybridized carbons (Fsp3) is 0.533. The van der Waals surface area contributed by atoms with E-state index in [0.29, 0.717) is 6.54 Å². The molecule has 1 rings (SSSR count). The maximum absolute atomic E-state index is 11.1. The van der Waals surface area contributed by atoms with Crippen LogP contribution >= 0.6 is 0 Å². The van der Waals surface area contributed by atoms with Gasteiger partial charge in [-0.2, -0.15) is 0 Å². The van der Waals surface area contributed by atoms with Crippen molar-refractivity contribution in [2.75, 3.05) is 20.7 Å². The largest absolute Gasteiger partial charge is 0.468 e. The Kier molecular flexibility index (Phi) is 4.91. The molecule has 0 amide bonds.